The van der Waals surface area contributed by atoms with E-state index in [1.807, 2.05) is 6.20 Å². The molecule has 0 bridgehead atoms. The zero-order chi connectivity index (χ0) is 14.8. The maximum absolute atomic E-state index is 10.7. The number of nitrogens with one attached hydrogen (secondary N) is 2. The molecule has 21 heavy (non-hydrogen) atoms. The van der Waals surface area contributed by atoms with Gasteiger partial charge in [0.1, 0.15) is 5.01 Å². The molecule has 0 saturated carbocycles. The van der Waals surface area contributed by atoms with Crippen molar-refractivity contribution in [2.75, 3.05) is 5.32 Å². The number of hydrogen-bond acceptors (Lipinski definition) is 6. The summed E-state index contributed by atoms with van der Waals surface area (Å²) in [6.07, 6.45) is 2.86. The molecule has 0 amide bonds. The summed E-state index contributed by atoms with van der Waals surface area (Å²) in [6.45, 7) is 2.67. The lowest BCUT2D eigenvalue weighted by Crippen LogP contribution is -1.99. The Balaban J connectivity index is 1.76. The quantitative estimate of drug-likeness (QED) is 0.557. The highest BCUT2D eigenvalue weighted by Gasteiger charge is 2.09. The summed E-state index contributed by atoms with van der Waals surface area (Å²) >= 11 is 1.66. The number of hydrogen-bond donors (Lipinski definition) is 2. The van der Waals surface area contributed by atoms with Crippen molar-refractivity contribution in [3.05, 3.63) is 44.4 Å². The number of H-pyrrole nitrogens is 1. The number of nitro benzene ring substituents is 1. The molecule has 1 aromatic carbocycles. The monoisotopic (exact) mass is 303 g/mol. The van der Waals surface area contributed by atoms with Crippen LogP contribution in [0, 0.1) is 10.1 Å². The highest BCUT2D eigenvalue weighted by molar-refractivity contribution is 7.11. The van der Waals surface area contributed by atoms with Gasteiger partial charge >= 0.3 is 0 Å². The number of anilines is 1. The number of nitro groups is 1. The number of fused-ring (bicyclic) bond motifs is 1. The molecule has 0 aliphatic carbocycles. The van der Waals surface area contributed by atoms with Gasteiger partial charge in [-0.25, -0.2) is 9.97 Å². The molecular weight excluding hydrogens is 290 g/mol. The van der Waals surface area contributed by atoms with Crippen LogP contribution in [-0.4, -0.2) is 19.9 Å². The van der Waals surface area contributed by atoms with Gasteiger partial charge < -0.3 is 10.3 Å². The number of aryl methyl sites for hydroxylation is 1. The normalized spacial score (nSPS) is 10.9. The van der Waals surface area contributed by atoms with Crippen LogP contribution >= 0.6 is 11.3 Å². The Morgan fingerprint density at radius 1 is 1.48 bits per heavy atom. The molecule has 0 unspecified atom stereocenters. The van der Waals surface area contributed by atoms with E-state index in [1.165, 1.54) is 17.0 Å². The smallest absolute Gasteiger partial charge is 0.271 e. The summed E-state index contributed by atoms with van der Waals surface area (Å²) in [6, 6.07) is 4.56. The molecule has 2 N–H and O–H groups in total. The Labute approximate surface area is 124 Å². The van der Waals surface area contributed by atoms with Crippen LogP contribution in [0.1, 0.15) is 16.8 Å². The zero-order valence-electron chi connectivity index (χ0n) is 11.3. The van der Waals surface area contributed by atoms with Gasteiger partial charge in [-0.1, -0.05) is 6.92 Å². The van der Waals surface area contributed by atoms with Gasteiger partial charge in [-0.05, 0) is 12.5 Å². The molecule has 0 fully saturated rings. The molecule has 3 rings (SSSR count). The lowest BCUT2D eigenvalue weighted by molar-refractivity contribution is -0.384. The van der Waals surface area contributed by atoms with E-state index in [2.05, 4.69) is 27.2 Å². The Kier molecular flexibility index (Phi) is 3.53. The number of nitrogens with zero attached hydrogens (tertiary/aromatic N) is 3. The van der Waals surface area contributed by atoms with E-state index in [4.69, 9.17) is 0 Å². The van der Waals surface area contributed by atoms with Crippen LogP contribution < -0.4 is 5.32 Å². The standard InChI is InChI=1S/C13H13N5O2S/c1-2-9-6-14-12(21-9)7-15-13-16-10-4-3-8(18(19)20)5-11(10)17-13/h3-6H,2,7H2,1H3,(H2,15,16,17). The van der Waals surface area contributed by atoms with Gasteiger partial charge in [-0.15, -0.1) is 11.3 Å². The van der Waals surface area contributed by atoms with Crippen molar-refractivity contribution in [3.63, 3.8) is 0 Å². The van der Waals surface area contributed by atoms with Crippen molar-refractivity contribution < 1.29 is 4.92 Å². The molecule has 3 aromatic rings. The van der Waals surface area contributed by atoms with Gasteiger partial charge in [0.05, 0.1) is 22.5 Å². The Morgan fingerprint density at radius 3 is 3.05 bits per heavy atom. The zero-order valence-corrected chi connectivity index (χ0v) is 12.1. The average molecular weight is 303 g/mol. The molecule has 0 saturated heterocycles. The number of rotatable bonds is 5. The summed E-state index contributed by atoms with van der Waals surface area (Å²) in [7, 11) is 0. The van der Waals surface area contributed by atoms with Gasteiger partial charge in [0.25, 0.3) is 5.69 Å². The van der Waals surface area contributed by atoms with Crippen LogP contribution in [0.25, 0.3) is 11.0 Å². The van der Waals surface area contributed by atoms with Crippen molar-refractivity contribution >= 4 is 34.0 Å². The van der Waals surface area contributed by atoms with Crippen molar-refractivity contribution in [3.8, 4) is 0 Å². The molecule has 2 aromatic heterocycles. The van der Waals surface area contributed by atoms with Crippen LogP contribution in [0.4, 0.5) is 11.6 Å². The molecule has 2 heterocycles. The molecule has 0 spiro atoms. The fourth-order valence-corrected chi connectivity index (χ4v) is 2.75. The number of benzene rings is 1. The Hall–Kier alpha value is -2.48. The van der Waals surface area contributed by atoms with Crippen molar-refractivity contribution in [2.45, 2.75) is 19.9 Å². The van der Waals surface area contributed by atoms with Crippen molar-refractivity contribution in [2.24, 2.45) is 0 Å². The average Bonchev–Trinajstić information content (AvgIpc) is 3.10. The predicted octanol–water partition coefficient (Wildman–Crippen LogP) is 3.10. The van der Waals surface area contributed by atoms with E-state index in [9.17, 15) is 10.1 Å². The highest BCUT2D eigenvalue weighted by atomic mass is 32.1. The van der Waals surface area contributed by atoms with Gasteiger partial charge in [-0.3, -0.25) is 10.1 Å². The largest absolute Gasteiger partial charge is 0.349 e. The Morgan fingerprint density at radius 2 is 2.33 bits per heavy atom. The molecule has 108 valence electrons. The first-order valence-electron chi connectivity index (χ1n) is 6.47. The van der Waals surface area contributed by atoms with Gasteiger partial charge in [0.15, 0.2) is 0 Å². The maximum Gasteiger partial charge on any atom is 0.271 e. The first kappa shape index (κ1) is 13.5. The minimum atomic E-state index is -0.421. The minimum Gasteiger partial charge on any atom is -0.349 e. The van der Waals surface area contributed by atoms with E-state index in [0.717, 1.165) is 11.4 Å². The highest BCUT2D eigenvalue weighted by Crippen LogP contribution is 2.21. The first-order chi connectivity index (χ1) is 10.2. The maximum atomic E-state index is 10.7. The summed E-state index contributed by atoms with van der Waals surface area (Å²) < 4.78 is 0. The van der Waals surface area contributed by atoms with Crippen LogP contribution in [-0.2, 0) is 13.0 Å². The van der Waals surface area contributed by atoms with Crippen LogP contribution in [0.3, 0.4) is 0 Å². The molecule has 0 aliphatic rings. The number of thiazole rings is 1. The molecule has 8 heteroatoms. The number of imidazole rings is 1. The summed E-state index contributed by atoms with van der Waals surface area (Å²) in [5.74, 6) is 0.582. The fourth-order valence-electron chi connectivity index (χ4n) is 1.95. The summed E-state index contributed by atoms with van der Waals surface area (Å²) in [4.78, 5) is 23.3. The van der Waals surface area contributed by atoms with E-state index in [-0.39, 0.29) is 5.69 Å². The lowest BCUT2D eigenvalue weighted by Gasteiger charge is -1.98. The fraction of sp³-hybridized carbons (Fsp3) is 0.231. The second-order valence-corrected chi connectivity index (χ2v) is 5.67. The van der Waals surface area contributed by atoms with E-state index < -0.39 is 4.92 Å². The Bertz CT molecular complexity index is 795. The number of aromatic amines is 1. The minimum absolute atomic E-state index is 0.0465. The molecule has 7 nitrogen and oxygen atoms in total. The second-order valence-electron chi connectivity index (χ2n) is 4.47. The van der Waals surface area contributed by atoms with Crippen molar-refractivity contribution in [1.29, 1.82) is 0 Å². The summed E-state index contributed by atoms with van der Waals surface area (Å²) in [5, 5.41) is 14.9. The predicted molar refractivity (Wildman–Crippen MR) is 81.6 cm³/mol. The van der Waals surface area contributed by atoms with E-state index in [0.29, 0.717) is 23.5 Å². The number of aromatic nitrogens is 3. The number of non-ortho nitro benzene ring substituents is 1. The third-order valence-electron chi connectivity index (χ3n) is 3.03. The molecule has 0 radical (unpaired) electrons. The second kappa shape index (κ2) is 5.49. The molecule has 0 aliphatic heterocycles. The van der Waals surface area contributed by atoms with Crippen molar-refractivity contribution in [1.82, 2.24) is 15.0 Å². The van der Waals surface area contributed by atoms with Gasteiger partial charge in [0, 0.05) is 23.2 Å². The third kappa shape index (κ3) is 2.84. The molecule has 0 atom stereocenters. The van der Waals surface area contributed by atoms with E-state index in [1.54, 1.807) is 17.4 Å². The first-order valence-corrected chi connectivity index (χ1v) is 7.29. The third-order valence-corrected chi connectivity index (χ3v) is 4.17. The van der Waals surface area contributed by atoms with Crippen LogP contribution in [0.2, 0.25) is 0 Å². The van der Waals surface area contributed by atoms with Gasteiger partial charge in [-0.2, -0.15) is 0 Å². The van der Waals surface area contributed by atoms with Crippen LogP contribution in [0.5, 0.6) is 0 Å². The topological polar surface area (TPSA) is 96.7 Å². The SMILES string of the molecule is CCc1cnc(CNc2nc3ccc([N+](=O)[O-])cc3[nH]2)s1. The lowest BCUT2D eigenvalue weighted by atomic mass is 10.3. The summed E-state index contributed by atoms with van der Waals surface area (Å²) in [5.41, 5.74) is 1.38. The van der Waals surface area contributed by atoms with E-state index >= 15 is 0 Å². The molecular formula is C13H13N5O2S. The van der Waals surface area contributed by atoms with Crippen LogP contribution in [0.15, 0.2) is 24.4 Å². The van der Waals surface area contributed by atoms with Gasteiger partial charge in [0.2, 0.25) is 5.95 Å².